The third-order valence-electron chi connectivity index (χ3n) is 4.99. The lowest BCUT2D eigenvalue weighted by Gasteiger charge is -2.24. The number of benzene rings is 1. The van der Waals surface area contributed by atoms with Crippen LogP contribution in [0.5, 0.6) is 5.88 Å². The number of likely N-dealkylation sites (N-methyl/N-ethyl adjacent to an activating group) is 1. The van der Waals surface area contributed by atoms with E-state index >= 15 is 0 Å². The average molecular weight is 439 g/mol. The van der Waals surface area contributed by atoms with Gasteiger partial charge in [0.05, 0.1) is 6.10 Å². The van der Waals surface area contributed by atoms with E-state index in [0.717, 1.165) is 15.0 Å². The predicted octanol–water partition coefficient (Wildman–Crippen LogP) is 1.52. The summed E-state index contributed by atoms with van der Waals surface area (Å²) in [6, 6.07) is 9.85. The lowest BCUT2D eigenvalue weighted by Crippen LogP contribution is -2.41. The number of carbonyl (C=O) groups is 1. The van der Waals surface area contributed by atoms with E-state index < -0.39 is 11.7 Å². The number of aromatic nitrogens is 4. The highest BCUT2D eigenvalue weighted by Gasteiger charge is 2.28. The third-order valence-corrected chi connectivity index (χ3v) is 6.20. The van der Waals surface area contributed by atoms with Crippen LogP contribution in [0.1, 0.15) is 22.7 Å². The van der Waals surface area contributed by atoms with Gasteiger partial charge in [0.2, 0.25) is 11.8 Å². The number of ether oxygens (including phenoxy) is 1. The van der Waals surface area contributed by atoms with Crippen LogP contribution in [0.15, 0.2) is 46.0 Å². The Bertz CT molecular complexity index is 1310. The average Bonchev–Trinajstić information content (AvgIpc) is 3.39. The molecule has 1 atom stereocenters. The normalized spacial score (nSPS) is 14.5. The minimum atomic E-state index is -0.771. The van der Waals surface area contributed by atoms with E-state index in [1.54, 1.807) is 0 Å². The molecule has 0 radical (unpaired) electrons. The quantitative estimate of drug-likeness (QED) is 0.496. The smallest absolute Gasteiger partial charge is 0.281 e. The van der Waals surface area contributed by atoms with Gasteiger partial charge in [0.25, 0.3) is 11.5 Å². The Kier molecular flexibility index (Phi) is 4.75. The summed E-state index contributed by atoms with van der Waals surface area (Å²) in [6.45, 7) is -0.178. The second-order valence-electron chi connectivity index (χ2n) is 7.08. The van der Waals surface area contributed by atoms with Crippen molar-refractivity contribution in [3.63, 3.8) is 0 Å². The Morgan fingerprint density at radius 2 is 2.13 bits per heavy atom. The largest absolute Gasteiger partial charge is 0.466 e. The van der Waals surface area contributed by atoms with Crippen LogP contribution < -0.4 is 15.2 Å². The Morgan fingerprint density at radius 1 is 1.29 bits per heavy atom. The van der Waals surface area contributed by atoms with Crippen LogP contribution in [-0.4, -0.2) is 44.4 Å². The fraction of sp³-hybridized carbons (Fsp3) is 0.250. The van der Waals surface area contributed by atoms with Crippen molar-refractivity contribution in [2.45, 2.75) is 19.1 Å². The van der Waals surface area contributed by atoms with Gasteiger partial charge in [0, 0.05) is 23.0 Å². The molecule has 31 heavy (non-hydrogen) atoms. The van der Waals surface area contributed by atoms with Crippen molar-refractivity contribution in [1.82, 2.24) is 19.7 Å². The first-order valence-electron chi connectivity index (χ1n) is 9.46. The maximum atomic E-state index is 12.7. The van der Waals surface area contributed by atoms with Gasteiger partial charge in [-0.05, 0) is 17.5 Å². The Morgan fingerprint density at radius 3 is 2.97 bits per heavy atom. The Balaban J connectivity index is 1.33. The number of aliphatic hydroxyl groups is 1. The highest BCUT2D eigenvalue weighted by atomic mass is 32.1. The lowest BCUT2D eigenvalue weighted by atomic mass is 10.2. The third kappa shape index (κ3) is 3.57. The molecule has 1 aromatic carbocycles. The van der Waals surface area contributed by atoms with Crippen LogP contribution in [0.3, 0.4) is 0 Å². The fourth-order valence-electron chi connectivity index (χ4n) is 3.34. The van der Waals surface area contributed by atoms with Crippen molar-refractivity contribution in [2.75, 3.05) is 18.6 Å². The molecule has 1 aliphatic heterocycles. The van der Waals surface area contributed by atoms with Crippen molar-refractivity contribution in [3.05, 3.63) is 63.6 Å². The van der Waals surface area contributed by atoms with Crippen molar-refractivity contribution in [1.29, 1.82) is 0 Å². The summed E-state index contributed by atoms with van der Waals surface area (Å²) in [5.41, 5.74) is -0.385. The molecule has 158 valence electrons. The summed E-state index contributed by atoms with van der Waals surface area (Å²) in [4.78, 5) is 35.0. The molecule has 4 aromatic rings. The molecule has 3 aromatic heterocycles. The molecular formula is C20H17N5O5S. The topological polar surface area (TPSA) is 124 Å². The molecule has 4 heterocycles. The summed E-state index contributed by atoms with van der Waals surface area (Å²) in [6.07, 6.45) is 0.715. The van der Waals surface area contributed by atoms with Gasteiger partial charge < -0.3 is 19.3 Å². The van der Waals surface area contributed by atoms with Gasteiger partial charge >= 0.3 is 0 Å². The fourth-order valence-corrected chi connectivity index (χ4v) is 4.39. The SMILES string of the molecule is CN1C(=O)COc2ncn(Cc3nc(C[C@H](O)c4cc5ccccc5s4)no3)c(=O)c21. The molecule has 1 N–H and O–H groups in total. The van der Waals surface area contributed by atoms with Gasteiger partial charge in [0.15, 0.2) is 18.1 Å². The zero-order valence-corrected chi connectivity index (χ0v) is 17.2. The Labute approximate surface area is 179 Å². The monoisotopic (exact) mass is 439 g/mol. The molecule has 0 aliphatic carbocycles. The van der Waals surface area contributed by atoms with E-state index in [1.165, 1.54) is 34.2 Å². The highest BCUT2D eigenvalue weighted by molar-refractivity contribution is 7.19. The molecule has 11 heteroatoms. The molecule has 1 amide bonds. The van der Waals surface area contributed by atoms with Crippen LogP contribution in [0.4, 0.5) is 5.69 Å². The summed E-state index contributed by atoms with van der Waals surface area (Å²) in [7, 11) is 1.50. The van der Waals surface area contributed by atoms with Crippen molar-refractivity contribution in [3.8, 4) is 5.88 Å². The molecule has 0 fully saturated rings. The number of thiophene rings is 1. The van der Waals surface area contributed by atoms with E-state index in [1.807, 2.05) is 30.3 Å². The summed E-state index contributed by atoms with van der Waals surface area (Å²) >= 11 is 1.52. The van der Waals surface area contributed by atoms with Crippen LogP contribution in [-0.2, 0) is 17.8 Å². The van der Waals surface area contributed by atoms with Gasteiger partial charge in [-0.15, -0.1) is 11.3 Å². The zero-order valence-electron chi connectivity index (χ0n) is 16.4. The molecule has 0 saturated heterocycles. The number of hydrogen-bond acceptors (Lipinski definition) is 9. The summed E-state index contributed by atoms with van der Waals surface area (Å²) in [5, 5.41) is 15.6. The van der Waals surface area contributed by atoms with Crippen LogP contribution in [0, 0.1) is 0 Å². The maximum Gasteiger partial charge on any atom is 0.281 e. The molecule has 1 aliphatic rings. The Hall–Kier alpha value is -3.57. The standard InChI is InChI=1S/C20H17N5O5S/c1-24-17(27)9-29-19-18(24)20(28)25(10-21-19)8-16-22-15(23-30-16)7-12(26)14-6-11-4-2-3-5-13(11)31-14/h2-6,10,12,26H,7-9H2,1H3/t12-/m0/s1. The molecule has 0 saturated carbocycles. The molecule has 0 spiro atoms. The zero-order chi connectivity index (χ0) is 21.5. The lowest BCUT2D eigenvalue weighted by molar-refractivity contribution is -0.121. The predicted molar refractivity (Wildman–Crippen MR) is 111 cm³/mol. The minimum Gasteiger partial charge on any atom is -0.466 e. The second-order valence-corrected chi connectivity index (χ2v) is 8.20. The van der Waals surface area contributed by atoms with E-state index in [4.69, 9.17) is 9.26 Å². The first kappa shape index (κ1) is 19.4. The summed E-state index contributed by atoms with van der Waals surface area (Å²) in [5.74, 6) is 0.295. The van der Waals surface area contributed by atoms with Crippen LogP contribution >= 0.6 is 11.3 Å². The number of carbonyl (C=O) groups excluding carboxylic acids is 1. The van der Waals surface area contributed by atoms with E-state index in [2.05, 4.69) is 15.1 Å². The van der Waals surface area contributed by atoms with Gasteiger partial charge in [0.1, 0.15) is 12.9 Å². The number of nitrogens with zero attached hydrogens (tertiary/aromatic N) is 5. The number of aliphatic hydroxyl groups excluding tert-OH is 1. The van der Waals surface area contributed by atoms with Crippen molar-refractivity contribution >= 4 is 33.0 Å². The van der Waals surface area contributed by atoms with Crippen molar-refractivity contribution in [2.24, 2.45) is 0 Å². The molecule has 0 bridgehead atoms. The van der Waals surface area contributed by atoms with E-state index in [9.17, 15) is 14.7 Å². The van der Waals surface area contributed by atoms with Gasteiger partial charge in [-0.3, -0.25) is 14.2 Å². The molecule has 0 unspecified atom stereocenters. The maximum absolute atomic E-state index is 12.7. The number of fused-ring (bicyclic) bond motifs is 2. The van der Waals surface area contributed by atoms with Crippen LogP contribution in [0.25, 0.3) is 10.1 Å². The number of hydrogen-bond donors (Lipinski definition) is 1. The minimum absolute atomic E-state index is 0.0207. The van der Waals surface area contributed by atoms with Gasteiger partial charge in [-0.1, -0.05) is 23.4 Å². The molecular weight excluding hydrogens is 422 g/mol. The number of rotatable bonds is 5. The van der Waals surface area contributed by atoms with Crippen LogP contribution in [0.2, 0.25) is 0 Å². The second kappa shape index (κ2) is 7.60. The first-order chi connectivity index (χ1) is 15.0. The van der Waals surface area contributed by atoms with Gasteiger partial charge in [-0.25, -0.2) is 4.98 Å². The van der Waals surface area contributed by atoms with Crippen molar-refractivity contribution < 1.29 is 19.2 Å². The first-order valence-corrected chi connectivity index (χ1v) is 10.3. The molecule has 5 rings (SSSR count). The molecule has 10 nitrogen and oxygen atoms in total. The van der Waals surface area contributed by atoms with Gasteiger partial charge in [-0.2, -0.15) is 4.98 Å². The highest BCUT2D eigenvalue weighted by Crippen LogP contribution is 2.31. The number of amides is 1. The number of anilines is 1. The van der Waals surface area contributed by atoms with E-state index in [0.29, 0.717) is 5.82 Å². The summed E-state index contributed by atoms with van der Waals surface area (Å²) < 4.78 is 12.8. The van der Waals surface area contributed by atoms with E-state index in [-0.39, 0.29) is 42.9 Å².